The van der Waals surface area contributed by atoms with E-state index in [9.17, 15) is 21.6 Å². The summed E-state index contributed by atoms with van der Waals surface area (Å²) in [5.74, 6) is 0.238. The van der Waals surface area contributed by atoms with Crippen molar-refractivity contribution >= 4 is 27.4 Å². The number of anilines is 1. The normalized spacial score (nSPS) is 13.0. The highest BCUT2D eigenvalue weighted by Gasteiger charge is 2.38. The Bertz CT molecular complexity index is 605. The van der Waals surface area contributed by atoms with E-state index in [2.05, 4.69) is 10.3 Å². The van der Waals surface area contributed by atoms with Crippen LogP contribution in [0.1, 0.15) is 13.8 Å². The second kappa shape index (κ2) is 6.37. The lowest BCUT2D eigenvalue weighted by Crippen LogP contribution is -2.43. The third-order valence-electron chi connectivity index (χ3n) is 2.57. The Kier molecular flexibility index (Phi) is 5.46. The topological polar surface area (TPSA) is 62.3 Å². The van der Waals surface area contributed by atoms with E-state index >= 15 is 0 Å². The molecule has 0 fully saturated rings. The molecule has 0 bridgehead atoms. The van der Waals surface area contributed by atoms with Gasteiger partial charge in [0.1, 0.15) is 17.3 Å². The van der Waals surface area contributed by atoms with Crippen LogP contribution in [0.2, 0.25) is 5.02 Å². The van der Waals surface area contributed by atoms with Gasteiger partial charge in [-0.3, -0.25) is 0 Å². The fourth-order valence-corrected chi connectivity index (χ4v) is 3.52. The van der Waals surface area contributed by atoms with Crippen LogP contribution in [0, 0.1) is 0 Å². The van der Waals surface area contributed by atoms with Gasteiger partial charge < -0.3 is 5.32 Å². The number of rotatable bonds is 5. The monoisotopic (exact) mass is 345 g/mol. The molecule has 0 saturated heterocycles. The molecule has 0 atom stereocenters. The molecule has 10 heteroatoms. The lowest BCUT2D eigenvalue weighted by molar-refractivity contribution is -0.138. The first-order chi connectivity index (χ1) is 9.49. The molecule has 0 aliphatic rings. The zero-order valence-corrected chi connectivity index (χ0v) is 13.1. The molecular formula is C11H15ClF3N3O2S. The molecule has 0 saturated carbocycles. The smallest absolute Gasteiger partial charge is 0.372 e. The lowest BCUT2D eigenvalue weighted by atomic mass is 10.4. The molecule has 0 aliphatic heterocycles. The molecule has 0 amide bonds. The molecular weight excluding hydrogens is 331 g/mol. The number of alkyl halides is 3. The van der Waals surface area contributed by atoms with E-state index in [1.807, 2.05) is 0 Å². The maximum atomic E-state index is 12.6. The summed E-state index contributed by atoms with van der Waals surface area (Å²) >= 11 is 5.82. The zero-order valence-electron chi connectivity index (χ0n) is 11.6. The third kappa shape index (κ3) is 4.45. The van der Waals surface area contributed by atoms with Crippen molar-refractivity contribution < 1.29 is 21.6 Å². The fourth-order valence-electron chi connectivity index (χ4n) is 1.60. The molecule has 21 heavy (non-hydrogen) atoms. The molecule has 1 aromatic rings. The number of pyridine rings is 1. The van der Waals surface area contributed by atoms with Crippen molar-refractivity contribution in [3.05, 3.63) is 17.3 Å². The van der Waals surface area contributed by atoms with Crippen LogP contribution in [-0.2, 0) is 10.0 Å². The highest BCUT2D eigenvalue weighted by Crippen LogP contribution is 2.27. The van der Waals surface area contributed by atoms with Gasteiger partial charge in [-0.1, -0.05) is 11.6 Å². The van der Waals surface area contributed by atoms with Crippen molar-refractivity contribution in [2.75, 3.05) is 18.9 Å². The summed E-state index contributed by atoms with van der Waals surface area (Å²) in [5.41, 5.74) is 0. The van der Waals surface area contributed by atoms with Crippen molar-refractivity contribution in [1.29, 1.82) is 0 Å². The predicted octanol–water partition coefficient (Wildman–Crippen LogP) is 2.74. The Balaban J connectivity index is 3.26. The zero-order chi connectivity index (χ0) is 16.4. The molecule has 0 radical (unpaired) electrons. The van der Waals surface area contributed by atoms with Gasteiger partial charge in [-0.25, -0.2) is 13.4 Å². The first-order valence-electron chi connectivity index (χ1n) is 5.91. The number of hydrogen-bond donors (Lipinski definition) is 1. The van der Waals surface area contributed by atoms with Crippen LogP contribution in [0.3, 0.4) is 0 Å². The standard InChI is InChI=1S/C11H15ClF3N3O2S/c1-7(2)18(6-11(13,14)15)21(19,20)8-4-9(12)10(16-3)17-5-8/h4-5,7H,6H2,1-3H3,(H,16,17). The molecule has 1 heterocycles. The van der Waals surface area contributed by atoms with Gasteiger partial charge in [0.25, 0.3) is 0 Å². The van der Waals surface area contributed by atoms with E-state index in [4.69, 9.17) is 11.6 Å². The summed E-state index contributed by atoms with van der Waals surface area (Å²) in [7, 11) is -2.81. The minimum Gasteiger partial charge on any atom is -0.372 e. The number of halogens is 4. The van der Waals surface area contributed by atoms with Crippen LogP contribution >= 0.6 is 11.6 Å². The number of sulfonamides is 1. The second-order valence-corrected chi connectivity index (χ2v) is 6.81. The summed E-state index contributed by atoms with van der Waals surface area (Å²) in [6.07, 6.45) is -3.67. The molecule has 0 spiro atoms. The van der Waals surface area contributed by atoms with Crippen molar-refractivity contribution in [2.45, 2.75) is 31.0 Å². The minimum absolute atomic E-state index is 0.00860. The first kappa shape index (κ1) is 18.0. The van der Waals surface area contributed by atoms with Crippen LogP contribution in [0.15, 0.2) is 17.2 Å². The van der Waals surface area contributed by atoms with Gasteiger partial charge in [0.05, 0.1) is 5.02 Å². The Morgan fingerprint density at radius 3 is 2.38 bits per heavy atom. The fraction of sp³-hybridized carbons (Fsp3) is 0.545. The van der Waals surface area contributed by atoms with Gasteiger partial charge in [0.15, 0.2) is 0 Å². The highest BCUT2D eigenvalue weighted by molar-refractivity contribution is 7.89. The van der Waals surface area contributed by atoms with Gasteiger partial charge in [-0.05, 0) is 19.9 Å². The van der Waals surface area contributed by atoms with Gasteiger partial charge in [-0.15, -0.1) is 0 Å². The molecule has 0 unspecified atom stereocenters. The summed E-state index contributed by atoms with van der Waals surface area (Å²) in [6, 6.07) is 0.209. The Morgan fingerprint density at radius 2 is 2.00 bits per heavy atom. The summed E-state index contributed by atoms with van der Waals surface area (Å²) < 4.78 is 62.6. The Morgan fingerprint density at radius 1 is 1.43 bits per heavy atom. The maximum absolute atomic E-state index is 12.6. The van der Waals surface area contributed by atoms with E-state index in [1.54, 1.807) is 0 Å². The SMILES string of the molecule is CNc1ncc(S(=O)(=O)N(CC(F)(F)F)C(C)C)cc1Cl. The average Bonchev–Trinajstić information content (AvgIpc) is 2.34. The number of hydrogen-bond acceptors (Lipinski definition) is 4. The van der Waals surface area contributed by atoms with E-state index < -0.39 is 28.8 Å². The highest BCUT2D eigenvalue weighted by atomic mass is 35.5. The molecule has 1 aromatic heterocycles. The van der Waals surface area contributed by atoms with Crippen LogP contribution < -0.4 is 5.32 Å². The quantitative estimate of drug-likeness (QED) is 0.891. The number of aromatic nitrogens is 1. The maximum Gasteiger partial charge on any atom is 0.402 e. The van der Waals surface area contributed by atoms with Gasteiger partial charge >= 0.3 is 6.18 Å². The average molecular weight is 346 g/mol. The van der Waals surface area contributed by atoms with Crippen LogP contribution in [0.25, 0.3) is 0 Å². The first-order valence-corrected chi connectivity index (χ1v) is 7.72. The van der Waals surface area contributed by atoms with E-state index in [0.717, 1.165) is 12.3 Å². The largest absolute Gasteiger partial charge is 0.402 e. The molecule has 1 rings (SSSR count). The van der Waals surface area contributed by atoms with Crippen molar-refractivity contribution in [3.8, 4) is 0 Å². The number of nitrogens with one attached hydrogen (secondary N) is 1. The summed E-state index contributed by atoms with van der Waals surface area (Å²) in [5, 5.41) is 2.64. The van der Waals surface area contributed by atoms with Crippen LogP contribution in [0.4, 0.5) is 19.0 Å². The van der Waals surface area contributed by atoms with E-state index in [0.29, 0.717) is 4.31 Å². The van der Waals surface area contributed by atoms with Gasteiger partial charge in [-0.2, -0.15) is 17.5 Å². The van der Waals surface area contributed by atoms with Crippen LogP contribution in [0.5, 0.6) is 0 Å². The lowest BCUT2D eigenvalue weighted by Gasteiger charge is -2.26. The second-order valence-electron chi connectivity index (χ2n) is 4.51. The molecule has 0 aromatic carbocycles. The number of nitrogens with zero attached hydrogens (tertiary/aromatic N) is 2. The van der Waals surface area contributed by atoms with Gasteiger partial charge in [0.2, 0.25) is 10.0 Å². The Hall–Kier alpha value is -1.06. The predicted molar refractivity (Wildman–Crippen MR) is 73.9 cm³/mol. The van der Waals surface area contributed by atoms with Crippen molar-refractivity contribution in [1.82, 2.24) is 9.29 Å². The minimum atomic E-state index is -4.64. The van der Waals surface area contributed by atoms with E-state index in [-0.39, 0.29) is 15.7 Å². The Labute approximate surface area is 126 Å². The molecule has 1 N–H and O–H groups in total. The van der Waals surface area contributed by atoms with E-state index in [1.165, 1.54) is 20.9 Å². The molecule has 5 nitrogen and oxygen atoms in total. The summed E-state index contributed by atoms with van der Waals surface area (Å²) in [6.45, 7) is 1.15. The third-order valence-corrected chi connectivity index (χ3v) is 4.85. The summed E-state index contributed by atoms with van der Waals surface area (Å²) in [4.78, 5) is 3.39. The van der Waals surface area contributed by atoms with Crippen LogP contribution in [-0.4, -0.2) is 43.5 Å². The van der Waals surface area contributed by atoms with Crippen molar-refractivity contribution in [2.24, 2.45) is 0 Å². The molecule has 120 valence electrons. The van der Waals surface area contributed by atoms with Gasteiger partial charge in [0, 0.05) is 19.3 Å². The molecule has 0 aliphatic carbocycles. The van der Waals surface area contributed by atoms with Crippen molar-refractivity contribution in [3.63, 3.8) is 0 Å².